The fourth-order valence-electron chi connectivity index (χ4n) is 1.47. The van der Waals surface area contributed by atoms with Crippen LogP contribution in [0.2, 0.25) is 0 Å². The monoisotopic (exact) mass is 240 g/mol. The van der Waals surface area contributed by atoms with Crippen LogP contribution < -0.4 is 5.32 Å². The Morgan fingerprint density at radius 3 is 2.62 bits per heavy atom. The molecule has 0 saturated heterocycles. The van der Waals surface area contributed by atoms with Gasteiger partial charge < -0.3 is 5.32 Å². The number of nitrogens with zero attached hydrogens (tertiary/aromatic N) is 1. The van der Waals surface area contributed by atoms with Gasteiger partial charge in [0.15, 0.2) is 0 Å². The lowest BCUT2D eigenvalue weighted by atomic mass is 9.93. The maximum absolute atomic E-state index is 4.70. The summed E-state index contributed by atoms with van der Waals surface area (Å²) in [5, 5.41) is 6.75. The van der Waals surface area contributed by atoms with Gasteiger partial charge in [-0.3, -0.25) is 0 Å². The largest absolute Gasteiger partial charge is 0.317 e. The predicted molar refractivity (Wildman–Crippen MR) is 72.3 cm³/mol. The molecule has 3 heteroatoms. The first-order valence-electron chi connectivity index (χ1n) is 6.05. The van der Waals surface area contributed by atoms with Gasteiger partial charge in [0.25, 0.3) is 0 Å². The van der Waals surface area contributed by atoms with Crippen molar-refractivity contribution >= 4 is 11.3 Å². The number of rotatable bonds is 5. The summed E-state index contributed by atoms with van der Waals surface area (Å²) in [4.78, 5) is 4.70. The zero-order valence-corrected chi connectivity index (χ0v) is 11.9. The molecule has 0 aliphatic heterocycles. The molecule has 0 aliphatic carbocycles. The number of hydrogen-bond acceptors (Lipinski definition) is 3. The Morgan fingerprint density at radius 2 is 2.12 bits per heavy atom. The summed E-state index contributed by atoms with van der Waals surface area (Å²) in [6.07, 6.45) is 3.56. The Bertz CT molecular complexity index is 312. The van der Waals surface area contributed by atoms with Crippen molar-refractivity contribution in [2.24, 2.45) is 0 Å². The standard InChI is InChI=1S/C13H24N2S/c1-10(14-5)7-6-8-12-15-11(9-16-12)13(2,3)4/h9-10,14H,6-8H2,1-5H3. The van der Waals surface area contributed by atoms with E-state index < -0.39 is 0 Å². The van der Waals surface area contributed by atoms with Crippen molar-refractivity contribution in [1.29, 1.82) is 0 Å². The van der Waals surface area contributed by atoms with Crippen LogP contribution in [0, 0.1) is 0 Å². The van der Waals surface area contributed by atoms with Crippen molar-refractivity contribution in [3.8, 4) is 0 Å². The van der Waals surface area contributed by atoms with Crippen LogP contribution in [-0.2, 0) is 11.8 Å². The molecule has 1 N–H and O–H groups in total. The van der Waals surface area contributed by atoms with E-state index >= 15 is 0 Å². The van der Waals surface area contributed by atoms with Gasteiger partial charge in [-0.25, -0.2) is 4.98 Å². The average Bonchev–Trinajstić information content (AvgIpc) is 2.65. The fourth-order valence-corrected chi connectivity index (χ4v) is 2.54. The minimum Gasteiger partial charge on any atom is -0.317 e. The molecular weight excluding hydrogens is 216 g/mol. The van der Waals surface area contributed by atoms with E-state index in [0.29, 0.717) is 6.04 Å². The van der Waals surface area contributed by atoms with Crippen molar-refractivity contribution in [1.82, 2.24) is 10.3 Å². The van der Waals surface area contributed by atoms with Gasteiger partial charge in [0, 0.05) is 16.8 Å². The molecule has 0 bridgehead atoms. The maximum atomic E-state index is 4.70. The van der Waals surface area contributed by atoms with E-state index in [4.69, 9.17) is 4.98 Å². The van der Waals surface area contributed by atoms with Crippen LogP contribution in [0.4, 0.5) is 0 Å². The van der Waals surface area contributed by atoms with Crippen molar-refractivity contribution < 1.29 is 0 Å². The van der Waals surface area contributed by atoms with Gasteiger partial charge in [-0.05, 0) is 33.2 Å². The van der Waals surface area contributed by atoms with E-state index in [-0.39, 0.29) is 5.41 Å². The molecule has 1 aromatic rings. The second kappa shape index (κ2) is 5.78. The summed E-state index contributed by atoms with van der Waals surface area (Å²) in [5.74, 6) is 0. The molecule has 1 atom stereocenters. The highest BCUT2D eigenvalue weighted by atomic mass is 32.1. The lowest BCUT2D eigenvalue weighted by Crippen LogP contribution is -2.20. The first-order valence-corrected chi connectivity index (χ1v) is 6.93. The van der Waals surface area contributed by atoms with E-state index in [2.05, 4.69) is 38.4 Å². The first kappa shape index (κ1) is 13.7. The highest BCUT2D eigenvalue weighted by Crippen LogP contribution is 2.24. The summed E-state index contributed by atoms with van der Waals surface area (Å²) < 4.78 is 0. The third-order valence-electron chi connectivity index (χ3n) is 2.84. The van der Waals surface area contributed by atoms with Crippen molar-refractivity contribution in [2.75, 3.05) is 7.05 Å². The second-order valence-corrected chi connectivity index (χ2v) is 6.40. The fraction of sp³-hybridized carbons (Fsp3) is 0.769. The Hall–Kier alpha value is -0.410. The predicted octanol–water partition coefficient (Wildman–Crippen LogP) is 3.37. The molecule has 1 heterocycles. The van der Waals surface area contributed by atoms with Crippen LogP contribution in [0.15, 0.2) is 5.38 Å². The van der Waals surface area contributed by atoms with E-state index in [1.165, 1.54) is 23.5 Å². The van der Waals surface area contributed by atoms with Crippen LogP contribution in [0.25, 0.3) is 0 Å². The quantitative estimate of drug-likeness (QED) is 0.853. The van der Waals surface area contributed by atoms with E-state index in [1.807, 2.05) is 7.05 Å². The SMILES string of the molecule is CNC(C)CCCc1nc(C(C)(C)C)cs1. The lowest BCUT2D eigenvalue weighted by Gasteiger charge is -2.14. The van der Waals surface area contributed by atoms with Crippen LogP contribution >= 0.6 is 11.3 Å². The average molecular weight is 240 g/mol. The normalized spacial score (nSPS) is 14.1. The topological polar surface area (TPSA) is 24.9 Å². The molecule has 0 radical (unpaired) electrons. The summed E-state index contributed by atoms with van der Waals surface area (Å²) in [7, 11) is 2.02. The van der Waals surface area contributed by atoms with Gasteiger partial charge in [0.2, 0.25) is 0 Å². The van der Waals surface area contributed by atoms with Gasteiger partial charge in [-0.15, -0.1) is 11.3 Å². The molecule has 1 rings (SSSR count). The van der Waals surface area contributed by atoms with Crippen LogP contribution in [0.5, 0.6) is 0 Å². The molecule has 2 nitrogen and oxygen atoms in total. The van der Waals surface area contributed by atoms with Crippen molar-refractivity contribution in [3.63, 3.8) is 0 Å². The molecule has 0 saturated carbocycles. The molecule has 0 amide bonds. The third-order valence-corrected chi connectivity index (χ3v) is 3.75. The first-order chi connectivity index (χ1) is 7.43. The molecule has 0 aromatic carbocycles. The second-order valence-electron chi connectivity index (χ2n) is 5.46. The molecule has 0 aliphatic rings. The molecule has 92 valence electrons. The number of thiazole rings is 1. The van der Waals surface area contributed by atoms with Gasteiger partial charge in [-0.2, -0.15) is 0 Å². The number of nitrogens with one attached hydrogen (secondary N) is 1. The van der Waals surface area contributed by atoms with Gasteiger partial charge in [-0.1, -0.05) is 20.8 Å². The maximum Gasteiger partial charge on any atom is 0.0928 e. The molecule has 0 fully saturated rings. The van der Waals surface area contributed by atoms with Crippen molar-refractivity contribution in [2.45, 2.75) is 58.4 Å². The Kier molecular flexibility index (Phi) is 4.93. The summed E-state index contributed by atoms with van der Waals surface area (Å²) >= 11 is 1.80. The highest BCUT2D eigenvalue weighted by molar-refractivity contribution is 7.09. The highest BCUT2D eigenvalue weighted by Gasteiger charge is 2.17. The zero-order valence-electron chi connectivity index (χ0n) is 11.1. The molecule has 1 unspecified atom stereocenters. The Morgan fingerprint density at radius 1 is 1.44 bits per heavy atom. The smallest absolute Gasteiger partial charge is 0.0928 e. The van der Waals surface area contributed by atoms with E-state index in [1.54, 1.807) is 11.3 Å². The molecule has 1 aromatic heterocycles. The summed E-state index contributed by atoms with van der Waals surface area (Å²) in [6.45, 7) is 8.88. The van der Waals surface area contributed by atoms with Crippen LogP contribution in [0.1, 0.15) is 51.2 Å². The van der Waals surface area contributed by atoms with Crippen molar-refractivity contribution in [3.05, 3.63) is 16.1 Å². The lowest BCUT2D eigenvalue weighted by molar-refractivity contribution is 0.538. The number of aryl methyl sites for hydroxylation is 1. The molecule has 0 spiro atoms. The third kappa shape index (κ3) is 4.22. The Labute approximate surface area is 103 Å². The minimum absolute atomic E-state index is 0.188. The minimum atomic E-state index is 0.188. The molecular formula is C13H24N2S. The zero-order chi connectivity index (χ0) is 12.2. The van der Waals surface area contributed by atoms with E-state index in [0.717, 1.165) is 6.42 Å². The number of hydrogen-bond donors (Lipinski definition) is 1. The Balaban J connectivity index is 2.41. The van der Waals surface area contributed by atoms with Gasteiger partial charge >= 0.3 is 0 Å². The van der Waals surface area contributed by atoms with Gasteiger partial charge in [0.1, 0.15) is 0 Å². The molecule has 16 heavy (non-hydrogen) atoms. The number of aromatic nitrogens is 1. The summed E-state index contributed by atoms with van der Waals surface area (Å²) in [6, 6.07) is 0.613. The summed E-state index contributed by atoms with van der Waals surface area (Å²) in [5.41, 5.74) is 1.42. The van der Waals surface area contributed by atoms with Gasteiger partial charge in [0.05, 0.1) is 10.7 Å². The van der Waals surface area contributed by atoms with Crippen LogP contribution in [-0.4, -0.2) is 18.1 Å². The van der Waals surface area contributed by atoms with E-state index in [9.17, 15) is 0 Å². The van der Waals surface area contributed by atoms with Crippen LogP contribution in [0.3, 0.4) is 0 Å².